The van der Waals surface area contributed by atoms with Gasteiger partial charge in [-0.25, -0.2) is 0 Å². The van der Waals surface area contributed by atoms with Crippen molar-refractivity contribution in [3.05, 3.63) is 30.6 Å². The summed E-state index contributed by atoms with van der Waals surface area (Å²) in [7, 11) is 0. The molecule has 1 N–H and O–H groups in total. The van der Waals surface area contributed by atoms with E-state index in [0.717, 1.165) is 16.7 Å². The summed E-state index contributed by atoms with van der Waals surface area (Å²) >= 11 is 0. The third-order valence-electron chi connectivity index (χ3n) is 2.95. The van der Waals surface area contributed by atoms with Crippen LogP contribution in [0.3, 0.4) is 0 Å². The Balaban J connectivity index is 1.91. The molecular weight excluding hydrogens is 186 g/mol. The van der Waals surface area contributed by atoms with Gasteiger partial charge < -0.3 is 5.32 Å². The van der Waals surface area contributed by atoms with Crippen LogP contribution in [-0.2, 0) is 0 Å². The smallest absolute Gasteiger partial charge is 0.0907 e. The summed E-state index contributed by atoms with van der Waals surface area (Å²) in [5.74, 6) is 0. The predicted octanol–water partition coefficient (Wildman–Crippen LogP) is 2.59. The molecule has 76 valence electrons. The minimum atomic E-state index is 0.666. The lowest BCUT2D eigenvalue weighted by molar-refractivity contribution is 0.445. The molecular formula is C12H13N3. The average molecular weight is 199 g/mol. The van der Waals surface area contributed by atoms with Gasteiger partial charge in [0.15, 0.2) is 0 Å². The molecule has 1 fully saturated rings. The number of nitrogens with one attached hydrogen (secondary N) is 1. The zero-order valence-corrected chi connectivity index (χ0v) is 8.48. The molecule has 1 aliphatic rings. The second kappa shape index (κ2) is 3.50. The van der Waals surface area contributed by atoms with E-state index in [0.29, 0.717) is 6.04 Å². The van der Waals surface area contributed by atoms with E-state index >= 15 is 0 Å². The number of hydrogen-bond acceptors (Lipinski definition) is 3. The normalized spacial score (nSPS) is 16.3. The van der Waals surface area contributed by atoms with Crippen molar-refractivity contribution in [3.63, 3.8) is 0 Å². The highest BCUT2D eigenvalue weighted by molar-refractivity contribution is 5.78. The molecule has 0 saturated heterocycles. The summed E-state index contributed by atoms with van der Waals surface area (Å²) < 4.78 is 0. The Labute approximate surface area is 88.6 Å². The van der Waals surface area contributed by atoms with Gasteiger partial charge in [0.25, 0.3) is 0 Å². The highest BCUT2D eigenvalue weighted by atomic mass is 14.9. The molecule has 0 aliphatic heterocycles. The van der Waals surface area contributed by atoms with Crippen molar-refractivity contribution < 1.29 is 0 Å². The molecule has 0 radical (unpaired) electrons. The number of anilines is 1. The maximum atomic E-state index is 4.29. The van der Waals surface area contributed by atoms with Crippen LogP contribution in [0.25, 0.3) is 11.0 Å². The predicted molar refractivity (Wildman–Crippen MR) is 60.8 cm³/mol. The Morgan fingerprint density at radius 2 is 1.87 bits per heavy atom. The molecule has 0 amide bonds. The zero-order chi connectivity index (χ0) is 10.1. The van der Waals surface area contributed by atoms with Crippen molar-refractivity contribution >= 4 is 16.7 Å². The van der Waals surface area contributed by atoms with Crippen LogP contribution in [0.5, 0.6) is 0 Å². The lowest BCUT2D eigenvalue weighted by atomic mass is 9.93. The van der Waals surface area contributed by atoms with Gasteiger partial charge in [0.1, 0.15) is 0 Å². The Bertz CT molecular complexity index is 477. The van der Waals surface area contributed by atoms with Gasteiger partial charge >= 0.3 is 0 Å². The molecule has 1 aromatic carbocycles. The Morgan fingerprint density at radius 3 is 2.60 bits per heavy atom. The summed E-state index contributed by atoms with van der Waals surface area (Å²) in [6, 6.07) is 6.83. The van der Waals surface area contributed by atoms with Crippen LogP contribution < -0.4 is 5.32 Å². The van der Waals surface area contributed by atoms with Gasteiger partial charge in [-0.1, -0.05) is 0 Å². The monoisotopic (exact) mass is 199 g/mol. The van der Waals surface area contributed by atoms with Crippen molar-refractivity contribution in [2.75, 3.05) is 5.32 Å². The maximum absolute atomic E-state index is 4.29. The Hall–Kier alpha value is -1.64. The summed E-state index contributed by atoms with van der Waals surface area (Å²) in [6.45, 7) is 0. The van der Waals surface area contributed by atoms with Crippen LogP contribution in [0.15, 0.2) is 30.6 Å². The third kappa shape index (κ3) is 1.65. The maximum Gasteiger partial charge on any atom is 0.0907 e. The molecule has 1 aliphatic carbocycles. The van der Waals surface area contributed by atoms with Crippen LogP contribution in [0.1, 0.15) is 19.3 Å². The first-order valence-electron chi connectivity index (χ1n) is 5.39. The molecule has 3 heteroatoms. The fourth-order valence-electron chi connectivity index (χ4n) is 1.84. The standard InChI is InChI=1S/C12H13N3/c1-2-9(3-1)15-10-4-5-11-12(8-10)14-7-6-13-11/h4-9,15H,1-3H2. The summed E-state index contributed by atoms with van der Waals surface area (Å²) in [6.07, 6.45) is 7.39. The van der Waals surface area contributed by atoms with E-state index in [1.54, 1.807) is 12.4 Å². The quantitative estimate of drug-likeness (QED) is 0.807. The van der Waals surface area contributed by atoms with E-state index in [1.807, 2.05) is 6.07 Å². The van der Waals surface area contributed by atoms with Gasteiger partial charge in [-0.3, -0.25) is 9.97 Å². The first-order valence-corrected chi connectivity index (χ1v) is 5.39. The SMILES string of the molecule is c1cnc2cc(NC3CCC3)ccc2n1. The minimum Gasteiger partial charge on any atom is -0.382 e. The molecule has 3 nitrogen and oxygen atoms in total. The molecule has 0 unspecified atom stereocenters. The molecule has 3 rings (SSSR count). The molecule has 1 heterocycles. The van der Waals surface area contributed by atoms with Crippen molar-refractivity contribution in [2.24, 2.45) is 0 Å². The van der Waals surface area contributed by atoms with Crippen molar-refractivity contribution in [1.82, 2.24) is 9.97 Å². The van der Waals surface area contributed by atoms with Crippen LogP contribution in [-0.4, -0.2) is 16.0 Å². The third-order valence-corrected chi connectivity index (χ3v) is 2.95. The summed E-state index contributed by atoms with van der Waals surface area (Å²) in [5, 5.41) is 3.50. The highest BCUT2D eigenvalue weighted by Crippen LogP contribution is 2.24. The van der Waals surface area contributed by atoms with Crippen LogP contribution in [0, 0.1) is 0 Å². The molecule has 0 atom stereocenters. The summed E-state index contributed by atoms with van der Waals surface area (Å²) in [5.41, 5.74) is 3.08. The molecule has 15 heavy (non-hydrogen) atoms. The van der Waals surface area contributed by atoms with Crippen molar-refractivity contribution in [3.8, 4) is 0 Å². The first-order chi connectivity index (χ1) is 7.42. The second-order valence-corrected chi connectivity index (χ2v) is 4.03. The van der Waals surface area contributed by atoms with Gasteiger partial charge in [-0.05, 0) is 37.5 Å². The van der Waals surface area contributed by atoms with Gasteiger partial charge in [0.2, 0.25) is 0 Å². The van der Waals surface area contributed by atoms with Crippen molar-refractivity contribution in [2.45, 2.75) is 25.3 Å². The largest absolute Gasteiger partial charge is 0.382 e. The van der Waals surface area contributed by atoms with Crippen LogP contribution in [0.4, 0.5) is 5.69 Å². The number of rotatable bonds is 2. The molecule has 0 bridgehead atoms. The van der Waals surface area contributed by atoms with E-state index in [1.165, 1.54) is 19.3 Å². The van der Waals surface area contributed by atoms with Gasteiger partial charge in [-0.2, -0.15) is 0 Å². The fraction of sp³-hybridized carbons (Fsp3) is 0.333. The zero-order valence-electron chi connectivity index (χ0n) is 8.48. The molecule has 2 aromatic rings. The number of nitrogens with zero attached hydrogens (tertiary/aromatic N) is 2. The number of aromatic nitrogens is 2. The Kier molecular flexibility index (Phi) is 2.02. The van der Waals surface area contributed by atoms with Gasteiger partial charge in [0, 0.05) is 24.1 Å². The Morgan fingerprint density at radius 1 is 1.07 bits per heavy atom. The highest BCUT2D eigenvalue weighted by Gasteiger charge is 2.16. The number of hydrogen-bond donors (Lipinski definition) is 1. The summed E-state index contributed by atoms with van der Waals surface area (Å²) in [4.78, 5) is 8.54. The number of fused-ring (bicyclic) bond motifs is 1. The molecule has 1 aromatic heterocycles. The van der Waals surface area contributed by atoms with Crippen LogP contribution in [0.2, 0.25) is 0 Å². The van der Waals surface area contributed by atoms with Gasteiger partial charge in [0.05, 0.1) is 11.0 Å². The van der Waals surface area contributed by atoms with Gasteiger partial charge in [-0.15, -0.1) is 0 Å². The minimum absolute atomic E-state index is 0.666. The molecule has 1 saturated carbocycles. The lowest BCUT2D eigenvalue weighted by Gasteiger charge is -2.27. The van der Waals surface area contributed by atoms with E-state index < -0.39 is 0 Å². The van der Waals surface area contributed by atoms with Crippen LogP contribution >= 0.6 is 0 Å². The van der Waals surface area contributed by atoms with E-state index in [-0.39, 0.29) is 0 Å². The van der Waals surface area contributed by atoms with E-state index in [9.17, 15) is 0 Å². The average Bonchev–Trinajstić information content (AvgIpc) is 2.23. The van der Waals surface area contributed by atoms with Crippen molar-refractivity contribution in [1.29, 1.82) is 0 Å². The topological polar surface area (TPSA) is 37.8 Å². The van der Waals surface area contributed by atoms with E-state index in [4.69, 9.17) is 0 Å². The molecule has 0 spiro atoms. The van der Waals surface area contributed by atoms with E-state index in [2.05, 4.69) is 27.4 Å². The first kappa shape index (κ1) is 8.65. The lowest BCUT2D eigenvalue weighted by Crippen LogP contribution is -2.26. The second-order valence-electron chi connectivity index (χ2n) is 4.03. The fourth-order valence-corrected chi connectivity index (χ4v) is 1.84. The number of benzene rings is 1.